The number of halogens is 1. The fourth-order valence-electron chi connectivity index (χ4n) is 0.555. The van der Waals surface area contributed by atoms with Crippen LogP contribution < -0.4 is 5.32 Å². The van der Waals surface area contributed by atoms with E-state index in [1.54, 1.807) is 0 Å². The molecule has 0 saturated carbocycles. The van der Waals surface area contributed by atoms with E-state index in [1.807, 2.05) is 20.1 Å². The lowest BCUT2D eigenvalue weighted by Gasteiger charge is -2.21. The van der Waals surface area contributed by atoms with Crippen LogP contribution in [0, 0.1) is 0 Å². The normalized spacial score (nSPS) is 12.5. The molecule has 0 spiro atoms. The van der Waals surface area contributed by atoms with Crippen molar-refractivity contribution in [2.45, 2.75) is 18.6 Å². The maximum absolute atomic E-state index is 12.5. The van der Waals surface area contributed by atoms with Crippen LogP contribution >= 0.6 is 11.8 Å². The topological polar surface area (TPSA) is 50.7 Å². The SMILES string of the molecule is CNC(=O)ON=C(CF)C(C)(C)SC. The summed E-state index contributed by atoms with van der Waals surface area (Å²) in [5, 5.41) is 5.68. The van der Waals surface area contributed by atoms with Crippen molar-refractivity contribution >= 4 is 23.6 Å². The first-order valence-electron chi connectivity index (χ1n) is 4.05. The molecule has 0 aliphatic rings. The number of carbonyl (C=O) groups excluding carboxylic acids is 1. The zero-order valence-corrected chi connectivity index (χ0v) is 9.57. The highest BCUT2D eigenvalue weighted by Gasteiger charge is 2.24. The van der Waals surface area contributed by atoms with Gasteiger partial charge in [0.2, 0.25) is 0 Å². The maximum Gasteiger partial charge on any atom is 0.433 e. The zero-order chi connectivity index (χ0) is 11.2. The second-order valence-electron chi connectivity index (χ2n) is 3.01. The van der Waals surface area contributed by atoms with Crippen LogP contribution in [0.4, 0.5) is 9.18 Å². The summed E-state index contributed by atoms with van der Waals surface area (Å²) in [6.07, 6.45) is 1.14. The molecule has 14 heavy (non-hydrogen) atoms. The number of thioether (sulfide) groups is 1. The lowest BCUT2D eigenvalue weighted by atomic mass is 10.1. The quantitative estimate of drug-likeness (QED) is 0.448. The molecule has 0 aromatic rings. The lowest BCUT2D eigenvalue weighted by Crippen LogP contribution is -2.30. The minimum atomic E-state index is -0.731. The third-order valence-corrected chi connectivity index (χ3v) is 3.03. The van der Waals surface area contributed by atoms with Crippen molar-refractivity contribution in [2.24, 2.45) is 5.16 Å². The molecule has 0 aromatic heterocycles. The summed E-state index contributed by atoms with van der Waals surface area (Å²) >= 11 is 1.44. The molecule has 0 aromatic carbocycles. The Morgan fingerprint density at radius 2 is 2.21 bits per heavy atom. The first kappa shape index (κ1) is 13.2. The van der Waals surface area contributed by atoms with E-state index in [-0.39, 0.29) is 5.71 Å². The number of hydrogen-bond donors (Lipinski definition) is 1. The van der Waals surface area contributed by atoms with Crippen LogP contribution in [0.25, 0.3) is 0 Å². The molecule has 0 bridgehead atoms. The predicted molar refractivity (Wildman–Crippen MR) is 56.5 cm³/mol. The van der Waals surface area contributed by atoms with Crippen molar-refractivity contribution in [3.05, 3.63) is 0 Å². The standard InChI is InChI=1S/C8H15FN2O2S/c1-8(2,14-4)6(5-9)11-13-7(12)10-3/h5H2,1-4H3,(H,10,12). The van der Waals surface area contributed by atoms with E-state index in [9.17, 15) is 9.18 Å². The molecule has 0 aliphatic heterocycles. The van der Waals surface area contributed by atoms with Crippen LogP contribution in [0.15, 0.2) is 5.16 Å². The van der Waals surface area contributed by atoms with E-state index < -0.39 is 17.5 Å². The Morgan fingerprint density at radius 3 is 2.57 bits per heavy atom. The average Bonchev–Trinajstić information content (AvgIpc) is 2.18. The Labute approximate surface area is 87.3 Å². The van der Waals surface area contributed by atoms with Crippen LogP contribution in [-0.2, 0) is 4.84 Å². The van der Waals surface area contributed by atoms with Gasteiger partial charge in [0.1, 0.15) is 12.4 Å². The Bertz CT molecular complexity index is 231. The largest absolute Gasteiger partial charge is 0.433 e. The molecule has 0 unspecified atom stereocenters. The molecule has 4 nitrogen and oxygen atoms in total. The van der Waals surface area contributed by atoms with Crippen LogP contribution in [0.3, 0.4) is 0 Å². The van der Waals surface area contributed by atoms with Gasteiger partial charge in [-0.3, -0.25) is 4.84 Å². The molecular formula is C8H15FN2O2S. The molecule has 0 rings (SSSR count). The van der Waals surface area contributed by atoms with Crippen LogP contribution in [-0.4, -0.2) is 36.5 Å². The van der Waals surface area contributed by atoms with Crippen molar-refractivity contribution in [1.29, 1.82) is 0 Å². The van der Waals surface area contributed by atoms with Crippen LogP contribution in [0.2, 0.25) is 0 Å². The highest BCUT2D eigenvalue weighted by Crippen LogP contribution is 2.23. The first-order valence-corrected chi connectivity index (χ1v) is 5.27. The van der Waals surface area contributed by atoms with Crippen molar-refractivity contribution < 1.29 is 14.0 Å². The van der Waals surface area contributed by atoms with Gasteiger partial charge >= 0.3 is 6.09 Å². The molecule has 1 N–H and O–H groups in total. The summed E-state index contributed by atoms with van der Waals surface area (Å²) < 4.78 is 12.1. The molecule has 0 heterocycles. The lowest BCUT2D eigenvalue weighted by molar-refractivity contribution is 0.152. The summed E-state index contributed by atoms with van der Waals surface area (Å²) in [6, 6.07) is 0. The number of hydrogen-bond acceptors (Lipinski definition) is 4. The maximum atomic E-state index is 12.5. The van der Waals surface area contributed by atoms with Gasteiger partial charge in [-0.25, -0.2) is 9.18 Å². The van der Waals surface area contributed by atoms with Crippen molar-refractivity contribution in [1.82, 2.24) is 5.32 Å². The highest BCUT2D eigenvalue weighted by atomic mass is 32.2. The molecule has 0 radical (unpaired) electrons. The molecular weight excluding hydrogens is 207 g/mol. The Kier molecular flexibility index (Phi) is 5.52. The van der Waals surface area contributed by atoms with Gasteiger partial charge in [0, 0.05) is 7.05 Å². The summed E-state index contributed by atoms with van der Waals surface area (Å²) in [5.74, 6) is 0. The smallest absolute Gasteiger partial charge is 0.323 e. The summed E-state index contributed by atoms with van der Waals surface area (Å²) in [6.45, 7) is 2.89. The number of nitrogens with one attached hydrogen (secondary N) is 1. The minimum absolute atomic E-state index is 0.202. The molecule has 1 amide bonds. The van der Waals surface area contributed by atoms with Crippen molar-refractivity contribution in [2.75, 3.05) is 20.0 Å². The van der Waals surface area contributed by atoms with Crippen LogP contribution in [0.1, 0.15) is 13.8 Å². The molecule has 0 saturated heterocycles. The molecule has 0 atom stereocenters. The van der Waals surface area contributed by atoms with Gasteiger partial charge in [-0.2, -0.15) is 11.8 Å². The van der Waals surface area contributed by atoms with Gasteiger partial charge in [-0.05, 0) is 20.1 Å². The van der Waals surface area contributed by atoms with Gasteiger partial charge in [-0.1, -0.05) is 5.16 Å². The average molecular weight is 222 g/mol. The Morgan fingerprint density at radius 1 is 1.64 bits per heavy atom. The summed E-state index contributed by atoms with van der Waals surface area (Å²) in [5.41, 5.74) is 0.202. The van der Waals surface area contributed by atoms with E-state index in [4.69, 9.17) is 0 Å². The summed E-state index contributed by atoms with van der Waals surface area (Å²) in [4.78, 5) is 15.1. The number of carbonyl (C=O) groups is 1. The van der Waals surface area contributed by atoms with E-state index in [1.165, 1.54) is 18.8 Å². The van der Waals surface area contributed by atoms with Gasteiger partial charge < -0.3 is 5.32 Å². The minimum Gasteiger partial charge on any atom is -0.323 e. The zero-order valence-electron chi connectivity index (χ0n) is 8.76. The van der Waals surface area contributed by atoms with Crippen LogP contribution in [0.5, 0.6) is 0 Å². The second-order valence-corrected chi connectivity index (χ2v) is 4.44. The number of amides is 1. The first-order chi connectivity index (χ1) is 6.47. The predicted octanol–water partition coefficient (Wildman–Crippen LogP) is 1.81. The van der Waals surface area contributed by atoms with Gasteiger partial charge in [0.15, 0.2) is 0 Å². The van der Waals surface area contributed by atoms with Gasteiger partial charge in [0.25, 0.3) is 0 Å². The molecule has 0 fully saturated rings. The number of rotatable bonds is 4. The second kappa shape index (κ2) is 5.85. The third kappa shape index (κ3) is 3.95. The monoisotopic (exact) mass is 222 g/mol. The van der Waals surface area contributed by atoms with Crippen molar-refractivity contribution in [3.63, 3.8) is 0 Å². The number of oxime groups is 1. The number of alkyl halides is 1. The molecule has 0 aliphatic carbocycles. The molecule has 82 valence electrons. The van der Waals surface area contributed by atoms with E-state index in [2.05, 4.69) is 15.3 Å². The van der Waals surface area contributed by atoms with E-state index in [0.717, 1.165) is 0 Å². The number of nitrogens with zero attached hydrogens (tertiary/aromatic N) is 1. The van der Waals surface area contributed by atoms with E-state index in [0.29, 0.717) is 0 Å². The third-order valence-electron chi connectivity index (χ3n) is 1.77. The summed E-state index contributed by atoms with van der Waals surface area (Å²) in [7, 11) is 1.41. The van der Waals surface area contributed by atoms with E-state index >= 15 is 0 Å². The fraction of sp³-hybridized carbons (Fsp3) is 0.750. The Hall–Kier alpha value is -0.780. The fourth-order valence-corrected chi connectivity index (χ4v) is 0.883. The van der Waals surface area contributed by atoms with Gasteiger partial charge in [0.05, 0.1) is 4.75 Å². The highest BCUT2D eigenvalue weighted by molar-refractivity contribution is 8.00. The molecule has 6 heteroatoms. The van der Waals surface area contributed by atoms with Crippen molar-refractivity contribution in [3.8, 4) is 0 Å². The van der Waals surface area contributed by atoms with Gasteiger partial charge in [-0.15, -0.1) is 0 Å². The Balaban J connectivity index is 4.47.